The molecule has 7 heteroatoms. The minimum absolute atomic E-state index is 0.261. The number of rotatable bonds is 8. The number of hydrogen-bond acceptors (Lipinski definition) is 4. The van der Waals surface area contributed by atoms with Crippen molar-refractivity contribution >= 4 is 21.9 Å². The molecule has 6 aromatic rings. The second-order valence-corrected chi connectivity index (χ2v) is 12.1. The van der Waals surface area contributed by atoms with Crippen molar-refractivity contribution in [3.8, 4) is 22.4 Å². The van der Waals surface area contributed by atoms with Gasteiger partial charge in [-0.15, -0.1) is 0 Å². The molecular weight excluding hydrogens is 520 g/mol. The monoisotopic (exact) mass is 558 g/mol. The van der Waals surface area contributed by atoms with Crippen LogP contribution in [0.4, 0.5) is 0 Å². The van der Waals surface area contributed by atoms with E-state index in [-0.39, 0.29) is 5.92 Å². The Bertz CT molecular complexity index is 1920. The molecule has 7 nitrogen and oxygen atoms in total. The molecule has 0 radical (unpaired) electrons. The van der Waals surface area contributed by atoms with Crippen LogP contribution < -0.4 is 0 Å². The maximum Gasteiger partial charge on any atom is 0.181 e. The van der Waals surface area contributed by atoms with Gasteiger partial charge in [-0.25, -0.2) is 4.98 Å². The molecule has 2 aromatic carbocycles. The standard InChI is InChI=1S/C35H38N6O/c1-6-25-31(26-13-10-14-29-28(26)19-41(37-29)20-30(42)22-11-8-7-9-12-22)33(23-15-16-23)40(5)34(25)27-17-24-18-39(4)38-35(24)36-32(27)21(2)3/h7-14,17-19,21,23,30,42H,6,15-16,20H2,1-5H3/t30-/m0/s1. The number of aliphatic hydroxyl groups excluding tert-OH is 1. The van der Waals surface area contributed by atoms with E-state index in [9.17, 15) is 5.11 Å². The highest BCUT2D eigenvalue weighted by Crippen LogP contribution is 2.51. The van der Waals surface area contributed by atoms with E-state index in [2.05, 4.69) is 74.1 Å². The summed E-state index contributed by atoms with van der Waals surface area (Å²) in [5, 5.41) is 22.6. The van der Waals surface area contributed by atoms with Crippen molar-refractivity contribution in [3.05, 3.63) is 89.5 Å². The Kier molecular flexibility index (Phi) is 6.50. The zero-order valence-corrected chi connectivity index (χ0v) is 25.0. The van der Waals surface area contributed by atoms with Crippen LogP contribution >= 0.6 is 0 Å². The number of aromatic nitrogens is 6. The third-order valence-electron chi connectivity index (χ3n) is 8.71. The summed E-state index contributed by atoms with van der Waals surface area (Å²) in [6.45, 7) is 7.11. The van der Waals surface area contributed by atoms with Crippen molar-refractivity contribution in [2.45, 2.75) is 64.5 Å². The van der Waals surface area contributed by atoms with Gasteiger partial charge in [0.2, 0.25) is 0 Å². The van der Waals surface area contributed by atoms with Gasteiger partial charge < -0.3 is 9.67 Å². The zero-order valence-electron chi connectivity index (χ0n) is 25.0. The summed E-state index contributed by atoms with van der Waals surface area (Å²) in [4.78, 5) is 5.08. The number of hydrogen-bond donors (Lipinski definition) is 1. The van der Waals surface area contributed by atoms with Crippen LogP contribution in [0.1, 0.15) is 74.1 Å². The Balaban J connectivity index is 1.42. The Morgan fingerprint density at radius 1 is 0.952 bits per heavy atom. The SMILES string of the molecule is CCc1c(-c2cccc3nn(C[C@H](O)c4ccccc4)cc23)c(C2CC2)n(C)c1-c1cc2cn(C)nc2nc1C(C)C. The molecule has 1 atom stereocenters. The average Bonchev–Trinajstić information content (AvgIpc) is 3.51. The number of fused-ring (bicyclic) bond motifs is 2. The molecule has 0 saturated heterocycles. The minimum Gasteiger partial charge on any atom is -0.386 e. The first-order chi connectivity index (χ1) is 20.3. The van der Waals surface area contributed by atoms with Gasteiger partial charge in [0.1, 0.15) is 0 Å². The van der Waals surface area contributed by atoms with Crippen molar-refractivity contribution in [1.82, 2.24) is 29.1 Å². The van der Waals surface area contributed by atoms with Gasteiger partial charge in [0.25, 0.3) is 0 Å². The number of benzene rings is 2. The second-order valence-electron chi connectivity index (χ2n) is 12.1. The predicted octanol–water partition coefficient (Wildman–Crippen LogP) is 7.29. The van der Waals surface area contributed by atoms with Gasteiger partial charge in [-0.05, 0) is 59.9 Å². The fraction of sp³-hybridized carbons (Fsp3) is 0.343. The number of aliphatic hydroxyl groups is 1. The van der Waals surface area contributed by atoms with Gasteiger partial charge in [0, 0.05) is 54.1 Å². The Hall–Kier alpha value is -4.23. The van der Waals surface area contributed by atoms with Gasteiger partial charge in [-0.2, -0.15) is 10.2 Å². The molecule has 7 rings (SSSR count). The van der Waals surface area contributed by atoms with E-state index in [1.165, 1.54) is 46.5 Å². The summed E-state index contributed by atoms with van der Waals surface area (Å²) in [5.74, 6) is 0.809. The van der Waals surface area contributed by atoms with Gasteiger partial charge in [0.15, 0.2) is 5.65 Å². The van der Waals surface area contributed by atoms with Crippen LogP contribution in [0.25, 0.3) is 44.3 Å². The Labute approximate surface area is 246 Å². The number of pyridine rings is 1. The predicted molar refractivity (Wildman–Crippen MR) is 168 cm³/mol. The molecule has 0 spiro atoms. The lowest BCUT2D eigenvalue weighted by atomic mass is 9.91. The summed E-state index contributed by atoms with van der Waals surface area (Å²) in [6, 6.07) is 18.6. The van der Waals surface area contributed by atoms with Gasteiger partial charge >= 0.3 is 0 Å². The number of aryl methyl sites for hydroxylation is 1. The summed E-state index contributed by atoms with van der Waals surface area (Å²) in [7, 11) is 4.20. The van der Waals surface area contributed by atoms with Crippen molar-refractivity contribution in [2.24, 2.45) is 14.1 Å². The molecule has 0 unspecified atom stereocenters. The third-order valence-corrected chi connectivity index (χ3v) is 8.71. The molecule has 4 heterocycles. The quantitative estimate of drug-likeness (QED) is 0.213. The fourth-order valence-corrected chi connectivity index (χ4v) is 6.67. The van der Waals surface area contributed by atoms with Crippen LogP contribution in [0, 0.1) is 0 Å². The smallest absolute Gasteiger partial charge is 0.181 e. The molecule has 0 aliphatic heterocycles. The molecule has 0 bridgehead atoms. The molecular formula is C35H38N6O. The zero-order chi connectivity index (χ0) is 29.1. The lowest BCUT2D eigenvalue weighted by Crippen LogP contribution is -2.08. The second kappa shape index (κ2) is 10.2. The molecule has 1 fully saturated rings. The summed E-state index contributed by atoms with van der Waals surface area (Å²) >= 11 is 0. The van der Waals surface area contributed by atoms with E-state index < -0.39 is 6.10 Å². The summed E-state index contributed by atoms with van der Waals surface area (Å²) in [5.41, 5.74) is 11.5. The highest BCUT2D eigenvalue weighted by molar-refractivity contribution is 5.98. The van der Waals surface area contributed by atoms with Crippen LogP contribution in [0.3, 0.4) is 0 Å². The molecule has 1 aliphatic rings. The third kappa shape index (κ3) is 4.43. The highest BCUT2D eigenvalue weighted by atomic mass is 16.3. The van der Waals surface area contributed by atoms with Crippen molar-refractivity contribution in [1.29, 1.82) is 0 Å². The van der Waals surface area contributed by atoms with E-state index in [1.807, 2.05) is 46.7 Å². The van der Waals surface area contributed by atoms with Gasteiger partial charge in [-0.3, -0.25) is 9.36 Å². The van der Waals surface area contributed by atoms with Crippen LogP contribution in [-0.2, 0) is 27.1 Å². The first-order valence-corrected chi connectivity index (χ1v) is 15.1. The molecule has 4 aromatic heterocycles. The minimum atomic E-state index is -0.620. The van der Waals surface area contributed by atoms with Crippen LogP contribution in [0.15, 0.2) is 67.0 Å². The first kappa shape index (κ1) is 26.7. The van der Waals surface area contributed by atoms with Crippen LogP contribution in [-0.4, -0.2) is 34.2 Å². The summed E-state index contributed by atoms with van der Waals surface area (Å²) < 4.78 is 6.21. The van der Waals surface area contributed by atoms with Crippen molar-refractivity contribution in [3.63, 3.8) is 0 Å². The molecule has 1 N–H and O–H groups in total. The topological polar surface area (TPSA) is 73.7 Å². The fourth-order valence-electron chi connectivity index (χ4n) is 6.67. The van der Waals surface area contributed by atoms with Crippen molar-refractivity contribution in [2.75, 3.05) is 0 Å². The van der Waals surface area contributed by atoms with Crippen LogP contribution in [0.2, 0.25) is 0 Å². The van der Waals surface area contributed by atoms with Gasteiger partial charge in [-0.1, -0.05) is 63.2 Å². The Morgan fingerprint density at radius 2 is 1.74 bits per heavy atom. The van der Waals surface area contributed by atoms with E-state index in [1.54, 1.807) is 0 Å². The largest absolute Gasteiger partial charge is 0.386 e. The molecule has 42 heavy (non-hydrogen) atoms. The number of nitrogens with zero attached hydrogens (tertiary/aromatic N) is 6. The molecule has 214 valence electrons. The molecule has 0 amide bonds. The molecule has 1 aliphatic carbocycles. The van der Waals surface area contributed by atoms with E-state index in [0.717, 1.165) is 39.6 Å². The van der Waals surface area contributed by atoms with Crippen molar-refractivity contribution < 1.29 is 5.11 Å². The lowest BCUT2D eigenvalue weighted by molar-refractivity contribution is 0.152. The average molecular weight is 559 g/mol. The summed E-state index contributed by atoms with van der Waals surface area (Å²) in [6.07, 6.45) is 6.88. The van der Waals surface area contributed by atoms with Crippen LogP contribution in [0.5, 0.6) is 0 Å². The highest BCUT2D eigenvalue weighted by Gasteiger charge is 2.35. The van der Waals surface area contributed by atoms with Gasteiger partial charge in [0.05, 0.1) is 29.6 Å². The normalized spacial score (nSPS) is 14.5. The maximum atomic E-state index is 10.9. The Morgan fingerprint density at radius 3 is 2.45 bits per heavy atom. The van der Waals surface area contributed by atoms with E-state index >= 15 is 0 Å². The van der Waals surface area contributed by atoms with E-state index in [0.29, 0.717) is 12.5 Å². The maximum absolute atomic E-state index is 10.9. The molecule has 1 saturated carbocycles. The first-order valence-electron chi connectivity index (χ1n) is 15.1. The van der Waals surface area contributed by atoms with E-state index in [4.69, 9.17) is 10.1 Å². The lowest BCUT2D eigenvalue weighted by Gasteiger charge is -2.15.